The molecular weight excluding hydrogens is 405 g/mol. The van der Waals surface area contributed by atoms with Gasteiger partial charge >= 0.3 is 0 Å². The van der Waals surface area contributed by atoms with Gasteiger partial charge in [0.15, 0.2) is 0 Å². The van der Waals surface area contributed by atoms with Crippen molar-refractivity contribution < 1.29 is 4.39 Å². The molecule has 2 N–H and O–H groups in total. The van der Waals surface area contributed by atoms with Gasteiger partial charge in [0.05, 0.1) is 6.04 Å². The maximum atomic E-state index is 14.1. The second-order valence-electron chi connectivity index (χ2n) is 4.45. The van der Waals surface area contributed by atoms with Crippen molar-refractivity contribution in [2.45, 2.75) is 6.04 Å². The third-order valence-electron chi connectivity index (χ3n) is 3.21. The second kappa shape index (κ2) is 5.56. The van der Waals surface area contributed by atoms with Crippen LogP contribution in [0, 0.1) is 5.82 Å². The van der Waals surface area contributed by atoms with Crippen molar-refractivity contribution in [3.8, 4) is 0 Å². The molecule has 1 aromatic heterocycles. The van der Waals surface area contributed by atoms with Crippen molar-refractivity contribution in [2.75, 3.05) is 0 Å². The van der Waals surface area contributed by atoms with E-state index in [-0.39, 0.29) is 5.82 Å². The quantitative estimate of drug-likeness (QED) is 0.579. The van der Waals surface area contributed by atoms with Crippen molar-refractivity contribution in [1.29, 1.82) is 0 Å². The van der Waals surface area contributed by atoms with E-state index in [4.69, 9.17) is 5.73 Å². The smallest absolute Gasteiger partial charge is 0.129 e. The Kier molecular flexibility index (Phi) is 3.95. The van der Waals surface area contributed by atoms with Crippen molar-refractivity contribution in [1.82, 2.24) is 0 Å². The SMILES string of the molecule is NC(c1ccc(Br)cc1F)c1csc2c(Br)cccc12. The zero-order valence-corrected chi connectivity index (χ0v) is 14.2. The van der Waals surface area contributed by atoms with Crippen LogP contribution in [0.25, 0.3) is 10.1 Å². The van der Waals surface area contributed by atoms with E-state index in [0.717, 1.165) is 20.1 Å². The molecule has 3 aromatic rings. The average molecular weight is 415 g/mol. The Morgan fingerprint density at radius 2 is 1.90 bits per heavy atom. The third-order valence-corrected chi connectivity index (χ3v) is 5.68. The summed E-state index contributed by atoms with van der Waals surface area (Å²) < 4.78 is 16.9. The third kappa shape index (κ3) is 2.44. The van der Waals surface area contributed by atoms with Crippen LogP contribution in [0.5, 0.6) is 0 Å². The minimum Gasteiger partial charge on any atom is -0.320 e. The topological polar surface area (TPSA) is 26.0 Å². The van der Waals surface area contributed by atoms with Crippen LogP contribution in [-0.4, -0.2) is 0 Å². The molecule has 1 nitrogen and oxygen atoms in total. The second-order valence-corrected chi connectivity index (χ2v) is 7.10. The van der Waals surface area contributed by atoms with Gasteiger partial charge < -0.3 is 5.73 Å². The van der Waals surface area contributed by atoms with Crippen LogP contribution in [-0.2, 0) is 0 Å². The number of hydrogen-bond donors (Lipinski definition) is 1. The summed E-state index contributed by atoms with van der Waals surface area (Å²) in [5.74, 6) is -0.291. The molecule has 0 radical (unpaired) electrons. The lowest BCUT2D eigenvalue weighted by Crippen LogP contribution is -2.13. The fourth-order valence-corrected chi connectivity index (χ4v) is 4.20. The normalized spacial score (nSPS) is 12.8. The fourth-order valence-electron chi connectivity index (χ4n) is 2.20. The highest BCUT2D eigenvalue weighted by Crippen LogP contribution is 2.37. The van der Waals surface area contributed by atoms with Crippen molar-refractivity contribution in [2.24, 2.45) is 5.73 Å². The molecule has 0 aliphatic carbocycles. The van der Waals surface area contributed by atoms with E-state index in [2.05, 4.69) is 31.9 Å². The van der Waals surface area contributed by atoms with Crippen LogP contribution in [0.4, 0.5) is 4.39 Å². The summed E-state index contributed by atoms with van der Waals surface area (Å²) in [5.41, 5.74) is 7.72. The van der Waals surface area contributed by atoms with E-state index in [1.165, 1.54) is 6.07 Å². The highest BCUT2D eigenvalue weighted by atomic mass is 79.9. The van der Waals surface area contributed by atoms with Crippen LogP contribution in [0.15, 0.2) is 50.7 Å². The molecule has 0 fully saturated rings. The number of benzene rings is 2. The Bertz CT molecular complexity index is 785. The van der Waals surface area contributed by atoms with Crippen LogP contribution in [0.3, 0.4) is 0 Å². The molecule has 0 aliphatic heterocycles. The maximum absolute atomic E-state index is 14.1. The lowest BCUT2D eigenvalue weighted by molar-refractivity contribution is 0.599. The van der Waals surface area contributed by atoms with Crippen molar-refractivity contribution >= 4 is 53.3 Å². The molecule has 3 rings (SSSR count). The monoisotopic (exact) mass is 413 g/mol. The number of thiophene rings is 1. The summed E-state index contributed by atoms with van der Waals surface area (Å²) in [6, 6.07) is 10.5. The summed E-state index contributed by atoms with van der Waals surface area (Å²) in [6.07, 6.45) is 0. The summed E-state index contributed by atoms with van der Waals surface area (Å²) in [7, 11) is 0. The van der Waals surface area contributed by atoms with Gasteiger partial charge in [-0.2, -0.15) is 0 Å². The summed E-state index contributed by atoms with van der Waals surface area (Å²) in [5, 5.41) is 3.07. The number of rotatable bonds is 2. The van der Waals surface area contributed by atoms with Crippen LogP contribution in [0.1, 0.15) is 17.2 Å². The molecule has 5 heteroatoms. The van der Waals surface area contributed by atoms with Gasteiger partial charge in [0, 0.05) is 19.2 Å². The van der Waals surface area contributed by atoms with Gasteiger partial charge in [0.2, 0.25) is 0 Å². The molecule has 0 aliphatic rings. The Balaban J connectivity index is 2.13. The zero-order chi connectivity index (χ0) is 14.3. The standard InChI is InChI=1S/C15H10Br2FNS/c16-8-4-5-10(13(18)6-8)14(19)11-7-20-15-9(11)2-1-3-12(15)17/h1-7,14H,19H2. The molecule has 20 heavy (non-hydrogen) atoms. The first-order valence-electron chi connectivity index (χ1n) is 5.94. The minimum atomic E-state index is -0.467. The highest BCUT2D eigenvalue weighted by molar-refractivity contribution is 9.11. The lowest BCUT2D eigenvalue weighted by atomic mass is 9.99. The first kappa shape index (κ1) is 14.2. The number of hydrogen-bond acceptors (Lipinski definition) is 2. The van der Waals surface area contributed by atoms with E-state index < -0.39 is 6.04 Å². The maximum Gasteiger partial charge on any atom is 0.129 e. The zero-order valence-electron chi connectivity index (χ0n) is 10.2. The van der Waals surface area contributed by atoms with E-state index in [0.29, 0.717) is 10.0 Å². The van der Waals surface area contributed by atoms with Crippen LogP contribution in [0.2, 0.25) is 0 Å². The molecule has 0 saturated heterocycles. The molecular formula is C15H10Br2FNS. The van der Waals surface area contributed by atoms with Crippen molar-refractivity contribution in [3.05, 3.63) is 67.7 Å². The lowest BCUT2D eigenvalue weighted by Gasteiger charge is -2.13. The Hall–Kier alpha value is -0.750. The van der Waals surface area contributed by atoms with Gasteiger partial charge in [-0.05, 0) is 50.5 Å². The summed E-state index contributed by atoms with van der Waals surface area (Å²) in [4.78, 5) is 0. The Morgan fingerprint density at radius 1 is 1.10 bits per heavy atom. The Morgan fingerprint density at radius 3 is 2.65 bits per heavy atom. The molecule has 0 spiro atoms. The molecule has 1 unspecified atom stereocenters. The largest absolute Gasteiger partial charge is 0.320 e. The molecule has 2 aromatic carbocycles. The predicted octanol–water partition coefficient (Wildman–Crippen LogP) is 5.61. The summed E-state index contributed by atoms with van der Waals surface area (Å²) in [6.45, 7) is 0. The van der Waals surface area contributed by atoms with E-state index >= 15 is 0 Å². The van der Waals surface area contributed by atoms with Crippen LogP contribution >= 0.6 is 43.2 Å². The molecule has 102 valence electrons. The van der Waals surface area contributed by atoms with Crippen molar-refractivity contribution in [3.63, 3.8) is 0 Å². The van der Waals surface area contributed by atoms with Gasteiger partial charge in [-0.3, -0.25) is 0 Å². The predicted molar refractivity (Wildman–Crippen MR) is 89.7 cm³/mol. The number of nitrogens with two attached hydrogens (primary N) is 1. The average Bonchev–Trinajstić information content (AvgIpc) is 2.83. The van der Waals surface area contributed by atoms with E-state index in [9.17, 15) is 4.39 Å². The summed E-state index contributed by atoms with van der Waals surface area (Å²) >= 11 is 8.40. The fraction of sp³-hybridized carbons (Fsp3) is 0.0667. The van der Waals surface area contributed by atoms with Gasteiger partial charge in [0.25, 0.3) is 0 Å². The first-order chi connectivity index (χ1) is 9.58. The number of fused-ring (bicyclic) bond motifs is 1. The minimum absolute atomic E-state index is 0.291. The molecule has 1 heterocycles. The highest BCUT2D eigenvalue weighted by Gasteiger charge is 2.18. The van der Waals surface area contributed by atoms with Gasteiger partial charge in [-0.15, -0.1) is 11.3 Å². The van der Waals surface area contributed by atoms with Gasteiger partial charge in [-0.1, -0.05) is 34.1 Å². The van der Waals surface area contributed by atoms with Gasteiger partial charge in [-0.25, -0.2) is 4.39 Å². The first-order valence-corrected chi connectivity index (χ1v) is 8.40. The molecule has 0 saturated carbocycles. The number of halogens is 3. The molecule has 0 amide bonds. The molecule has 1 atom stereocenters. The Labute approximate surface area is 136 Å². The van der Waals surface area contributed by atoms with Gasteiger partial charge in [0.1, 0.15) is 5.82 Å². The molecule has 0 bridgehead atoms. The van der Waals surface area contributed by atoms with Crippen LogP contribution < -0.4 is 5.73 Å². The van der Waals surface area contributed by atoms with E-state index in [1.807, 2.05) is 29.6 Å². The van der Waals surface area contributed by atoms with E-state index in [1.54, 1.807) is 17.4 Å².